The van der Waals surface area contributed by atoms with E-state index in [1.165, 1.54) is 0 Å². The van der Waals surface area contributed by atoms with Crippen LogP contribution < -0.4 is 0 Å². The van der Waals surface area contributed by atoms with E-state index < -0.39 is 0 Å². The second-order valence-electron chi connectivity index (χ2n) is 5.04. The van der Waals surface area contributed by atoms with Gasteiger partial charge >= 0.3 is 0 Å². The smallest absolute Gasteiger partial charge is 0.132 e. The van der Waals surface area contributed by atoms with Crippen molar-refractivity contribution in [3.05, 3.63) is 52.6 Å². The average molecular weight is 291 g/mol. The van der Waals surface area contributed by atoms with Gasteiger partial charge in [0.25, 0.3) is 0 Å². The number of allylic oxidation sites excluding steroid dienone is 2. The standard InChI is InChI=1S/C18H23ClO/c1-6-12(3)13(4)17-11-9-15(18(19)14(17)5)8-10-16(20)7-2/h9,11H,3-4,6-8,10H2,1-2,5H3. The van der Waals surface area contributed by atoms with Gasteiger partial charge in [-0.1, -0.05) is 50.7 Å². The maximum Gasteiger partial charge on any atom is 0.132 e. The number of halogens is 1. The van der Waals surface area contributed by atoms with Gasteiger partial charge in [0.05, 0.1) is 0 Å². The number of carbonyl (C=O) groups is 1. The van der Waals surface area contributed by atoms with Gasteiger partial charge in [0.15, 0.2) is 0 Å². The molecular formula is C18H23ClO. The zero-order valence-corrected chi connectivity index (χ0v) is 13.4. The predicted octanol–water partition coefficient (Wildman–Crippen LogP) is 5.54. The molecule has 0 heterocycles. The highest BCUT2D eigenvalue weighted by Gasteiger charge is 2.12. The van der Waals surface area contributed by atoms with Crippen LogP contribution in [0.15, 0.2) is 30.9 Å². The van der Waals surface area contributed by atoms with E-state index in [0.29, 0.717) is 19.3 Å². The van der Waals surface area contributed by atoms with Crippen LogP contribution in [0.25, 0.3) is 5.57 Å². The maximum atomic E-state index is 11.4. The van der Waals surface area contributed by atoms with Crippen LogP contribution in [-0.2, 0) is 11.2 Å². The highest BCUT2D eigenvalue weighted by molar-refractivity contribution is 6.32. The molecule has 0 fully saturated rings. The summed E-state index contributed by atoms with van der Waals surface area (Å²) >= 11 is 6.43. The summed E-state index contributed by atoms with van der Waals surface area (Å²) in [6, 6.07) is 4.04. The van der Waals surface area contributed by atoms with Crippen molar-refractivity contribution in [2.45, 2.75) is 46.5 Å². The summed E-state index contributed by atoms with van der Waals surface area (Å²) in [6.45, 7) is 14.1. The zero-order chi connectivity index (χ0) is 15.3. The van der Waals surface area contributed by atoms with Crippen molar-refractivity contribution in [1.29, 1.82) is 0 Å². The summed E-state index contributed by atoms with van der Waals surface area (Å²) in [6.07, 6.45) is 2.72. The Morgan fingerprint density at radius 3 is 2.40 bits per heavy atom. The van der Waals surface area contributed by atoms with Gasteiger partial charge in [0.2, 0.25) is 0 Å². The van der Waals surface area contributed by atoms with Crippen molar-refractivity contribution in [3.8, 4) is 0 Å². The van der Waals surface area contributed by atoms with Gasteiger partial charge in [-0.05, 0) is 47.6 Å². The van der Waals surface area contributed by atoms with E-state index in [2.05, 4.69) is 20.1 Å². The second kappa shape index (κ2) is 7.44. The summed E-state index contributed by atoms with van der Waals surface area (Å²) in [5, 5.41) is 0.747. The van der Waals surface area contributed by atoms with E-state index >= 15 is 0 Å². The summed E-state index contributed by atoms with van der Waals surface area (Å²) in [7, 11) is 0. The number of hydrogen-bond acceptors (Lipinski definition) is 1. The molecule has 1 rings (SSSR count). The summed E-state index contributed by atoms with van der Waals surface area (Å²) in [5.41, 5.74) is 5.07. The zero-order valence-electron chi connectivity index (χ0n) is 12.7. The molecule has 1 nitrogen and oxygen atoms in total. The summed E-state index contributed by atoms with van der Waals surface area (Å²) in [5.74, 6) is 0.270. The normalized spacial score (nSPS) is 10.4. The van der Waals surface area contributed by atoms with Gasteiger partial charge in [-0.3, -0.25) is 4.79 Å². The van der Waals surface area contributed by atoms with Crippen LogP contribution >= 0.6 is 11.6 Å². The van der Waals surface area contributed by atoms with Gasteiger partial charge in [0, 0.05) is 17.9 Å². The molecule has 0 N–H and O–H groups in total. The van der Waals surface area contributed by atoms with Crippen LogP contribution in [0.5, 0.6) is 0 Å². The third kappa shape index (κ3) is 3.83. The van der Waals surface area contributed by atoms with E-state index in [-0.39, 0.29) is 5.78 Å². The fourth-order valence-corrected chi connectivity index (χ4v) is 2.38. The molecule has 2 heteroatoms. The lowest BCUT2D eigenvalue weighted by molar-refractivity contribution is -0.118. The second-order valence-corrected chi connectivity index (χ2v) is 5.42. The third-order valence-corrected chi connectivity index (χ3v) is 4.24. The first-order chi connectivity index (χ1) is 9.42. The Balaban J connectivity index is 3.00. The lowest BCUT2D eigenvalue weighted by atomic mass is 9.92. The molecule has 1 aromatic carbocycles. The molecule has 0 atom stereocenters. The fraction of sp³-hybridized carbons (Fsp3) is 0.389. The minimum absolute atomic E-state index is 0.270. The Hall–Kier alpha value is -1.34. The molecule has 108 valence electrons. The van der Waals surface area contributed by atoms with E-state index in [1.807, 2.05) is 26.0 Å². The van der Waals surface area contributed by atoms with Crippen molar-refractivity contribution in [2.24, 2.45) is 0 Å². The molecule has 20 heavy (non-hydrogen) atoms. The first-order valence-corrected chi connectivity index (χ1v) is 7.47. The molecule has 0 bridgehead atoms. The molecule has 1 aromatic rings. The molecule has 0 aliphatic heterocycles. The Labute approximate surface area is 127 Å². The van der Waals surface area contributed by atoms with Crippen LogP contribution in [0.4, 0.5) is 0 Å². The van der Waals surface area contributed by atoms with Crippen LogP contribution in [0.1, 0.15) is 49.8 Å². The number of Topliss-reactive ketones (excluding diaryl/α,β-unsaturated/α-hetero) is 1. The molecule has 0 unspecified atom stereocenters. The van der Waals surface area contributed by atoms with Gasteiger partial charge in [-0.2, -0.15) is 0 Å². The van der Waals surface area contributed by atoms with Gasteiger partial charge in [-0.15, -0.1) is 0 Å². The van der Waals surface area contributed by atoms with Gasteiger partial charge in [-0.25, -0.2) is 0 Å². The minimum atomic E-state index is 0.270. The Morgan fingerprint density at radius 2 is 1.85 bits per heavy atom. The molecule has 0 aliphatic carbocycles. The van der Waals surface area contributed by atoms with Crippen LogP contribution in [0.3, 0.4) is 0 Å². The van der Waals surface area contributed by atoms with Crippen LogP contribution in [-0.4, -0.2) is 5.78 Å². The van der Waals surface area contributed by atoms with Crippen LogP contribution in [0, 0.1) is 6.92 Å². The lowest BCUT2D eigenvalue weighted by Gasteiger charge is -2.15. The Kier molecular flexibility index (Phi) is 6.22. The molecule has 0 amide bonds. The number of benzene rings is 1. The third-order valence-electron chi connectivity index (χ3n) is 3.71. The number of aryl methyl sites for hydroxylation is 1. The van der Waals surface area contributed by atoms with Crippen molar-refractivity contribution < 1.29 is 4.79 Å². The highest BCUT2D eigenvalue weighted by atomic mass is 35.5. The van der Waals surface area contributed by atoms with Crippen molar-refractivity contribution in [1.82, 2.24) is 0 Å². The molecular weight excluding hydrogens is 268 g/mol. The van der Waals surface area contributed by atoms with Crippen LogP contribution in [0.2, 0.25) is 5.02 Å². The highest BCUT2D eigenvalue weighted by Crippen LogP contribution is 2.32. The fourth-order valence-electron chi connectivity index (χ4n) is 2.12. The molecule has 0 radical (unpaired) electrons. The number of ketones is 1. The predicted molar refractivity (Wildman–Crippen MR) is 88.3 cm³/mol. The quantitative estimate of drug-likeness (QED) is 0.603. The van der Waals surface area contributed by atoms with Crippen molar-refractivity contribution in [2.75, 3.05) is 0 Å². The molecule has 0 aromatic heterocycles. The van der Waals surface area contributed by atoms with E-state index in [1.54, 1.807) is 0 Å². The maximum absolute atomic E-state index is 11.4. The van der Waals surface area contributed by atoms with Gasteiger partial charge in [0.1, 0.15) is 5.78 Å². The number of rotatable bonds is 7. The van der Waals surface area contributed by atoms with E-state index in [4.69, 9.17) is 11.6 Å². The Bertz CT molecular complexity index is 541. The first-order valence-electron chi connectivity index (χ1n) is 7.09. The summed E-state index contributed by atoms with van der Waals surface area (Å²) in [4.78, 5) is 11.4. The van der Waals surface area contributed by atoms with Gasteiger partial charge < -0.3 is 0 Å². The summed E-state index contributed by atoms with van der Waals surface area (Å²) < 4.78 is 0. The molecule has 0 saturated carbocycles. The van der Waals surface area contributed by atoms with E-state index in [0.717, 1.165) is 39.3 Å². The van der Waals surface area contributed by atoms with E-state index in [9.17, 15) is 4.79 Å². The molecule has 0 spiro atoms. The molecule has 0 saturated heterocycles. The molecule has 0 aliphatic rings. The van der Waals surface area contributed by atoms with Crippen molar-refractivity contribution >= 4 is 23.0 Å². The SMILES string of the molecule is C=C(CC)C(=C)c1ccc(CCC(=O)CC)c(Cl)c1C. The monoisotopic (exact) mass is 290 g/mol. The lowest BCUT2D eigenvalue weighted by Crippen LogP contribution is -2.00. The topological polar surface area (TPSA) is 17.1 Å². The Morgan fingerprint density at radius 1 is 1.20 bits per heavy atom. The number of carbonyl (C=O) groups excluding carboxylic acids is 1. The van der Waals surface area contributed by atoms with Crippen molar-refractivity contribution in [3.63, 3.8) is 0 Å². The number of hydrogen-bond donors (Lipinski definition) is 0. The average Bonchev–Trinajstić information content (AvgIpc) is 2.46. The largest absolute Gasteiger partial charge is 0.300 e. The first kappa shape index (κ1) is 16.7. The minimum Gasteiger partial charge on any atom is -0.300 e.